The molecule has 0 aliphatic heterocycles. The molecule has 0 fully saturated rings. The molecule has 4 N–H and O–H groups in total. The Kier molecular flexibility index (Phi) is 12.2. The molecule has 0 atom stereocenters. The second-order valence-electron chi connectivity index (χ2n) is 2.13. The van der Waals surface area contributed by atoms with E-state index < -0.39 is 11.9 Å². The van der Waals surface area contributed by atoms with E-state index in [4.69, 9.17) is 16.6 Å². The van der Waals surface area contributed by atoms with E-state index in [1.807, 2.05) is 0 Å². The molecular weight excluding hydrogens is 188 g/mol. The zero-order valence-corrected chi connectivity index (χ0v) is 7.91. The minimum absolute atomic E-state index is 0.0417. The van der Waals surface area contributed by atoms with Gasteiger partial charge in [0.2, 0.25) is 0 Å². The molecule has 0 aromatic rings. The van der Waals surface area contributed by atoms with E-state index in [0.717, 1.165) is 0 Å². The molecule has 0 saturated heterocycles. The van der Waals surface area contributed by atoms with Crippen molar-refractivity contribution < 1.29 is 19.8 Å². The highest BCUT2D eigenvalue weighted by atomic mass is 16.4. The number of carbonyl (C=O) groups is 2. The minimum Gasteiger partial charge on any atom is -0.480 e. The van der Waals surface area contributed by atoms with Crippen molar-refractivity contribution in [1.29, 1.82) is 0 Å². The van der Waals surface area contributed by atoms with Crippen molar-refractivity contribution in [2.45, 2.75) is 0 Å². The standard InChI is InChI=1S/C5H7NO2.C3H7NO2/c1-2-3-6-4-5(7)8;1-4-2-3(5)6/h1,6H,3-4H2,(H,7,8);4H,2H2,1H3,(H,5,6). The molecule has 0 aromatic carbocycles. The van der Waals surface area contributed by atoms with Crippen LogP contribution >= 0.6 is 0 Å². The Hall–Kier alpha value is -1.58. The van der Waals surface area contributed by atoms with Gasteiger partial charge in [-0.2, -0.15) is 0 Å². The molecule has 0 aromatic heterocycles. The fourth-order valence-corrected chi connectivity index (χ4v) is 0.393. The Morgan fingerprint density at radius 3 is 2.00 bits per heavy atom. The molecule has 0 spiro atoms. The quantitative estimate of drug-likeness (QED) is 0.323. The van der Waals surface area contributed by atoms with E-state index >= 15 is 0 Å². The maximum Gasteiger partial charge on any atom is 0.317 e. The van der Waals surface area contributed by atoms with Crippen LogP contribution in [0.3, 0.4) is 0 Å². The van der Waals surface area contributed by atoms with Crippen LogP contribution in [0.5, 0.6) is 0 Å². The highest BCUT2D eigenvalue weighted by molar-refractivity contribution is 5.69. The van der Waals surface area contributed by atoms with E-state index in [1.165, 1.54) is 0 Å². The third kappa shape index (κ3) is 22.4. The molecule has 0 radical (unpaired) electrons. The second kappa shape index (κ2) is 11.4. The lowest BCUT2D eigenvalue weighted by molar-refractivity contribution is -0.136. The number of carboxylic acid groups (broad SMARTS) is 2. The average Bonchev–Trinajstić information content (AvgIpc) is 2.05. The number of hydrogen-bond donors (Lipinski definition) is 4. The average molecular weight is 202 g/mol. The van der Waals surface area contributed by atoms with Gasteiger partial charge in [0.1, 0.15) is 0 Å². The monoisotopic (exact) mass is 202 g/mol. The van der Waals surface area contributed by atoms with Gasteiger partial charge in [-0.1, -0.05) is 5.92 Å². The summed E-state index contributed by atoms with van der Waals surface area (Å²) >= 11 is 0. The zero-order chi connectivity index (χ0) is 11.4. The zero-order valence-electron chi connectivity index (χ0n) is 7.91. The second-order valence-corrected chi connectivity index (χ2v) is 2.13. The first-order chi connectivity index (χ1) is 6.54. The number of rotatable bonds is 5. The lowest BCUT2D eigenvalue weighted by Gasteiger charge is -1.90. The predicted molar refractivity (Wildman–Crippen MR) is 50.9 cm³/mol. The van der Waals surface area contributed by atoms with Crippen LogP contribution in [0.4, 0.5) is 0 Å². The molecule has 0 aliphatic carbocycles. The van der Waals surface area contributed by atoms with Crippen LogP contribution in [0.2, 0.25) is 0 Å². The number of nitrogens with one attached hydrogen (secondary N) is 2. The number of terminal acetylenes is 1. The summed E-state index contributed by atoms with van der Waals surface area (Å²) in [5.41, 5.74) is 0. The van der Waals surface area contributed by atoms with Gasteiger partial charge in [0.05, 0.1) is 19.6 Å². The van der Waals surface area contributed by atoms with Gasteiger partial charge in [-0.15, -0.1) is 6.42 Å². The van der Waals surface area contributed by atoms with Gasteiger partial charge in [0, 0.05) is 0 Å². The molecule has 0 amide bonds. The summed E-state index contributed by atoms with van der Waals surface area (Å²) in [6.45, 7) is 0.288. The maximum absolute atomic E-state index is 9.74. The summed E-state index contributed by atoms with van der Waals surface area (Å²) in [6.07, 6.45) is 4.81. The van der Waals surface area contributed by atoms with Crippen molar-refractivity contribution in [3.63, 3.8) is 0 Å². The van der Waals surface area contributed by atoms with Gasteiger partial charge < -0.3 is 15.5 Å². The Bertz CT molecular complexity index is 210. The van der Waals surface area contributed by atoms with Crippen molar-refractivity contribution >= 4 is 11.9 Å². The molecule has 0 unspecified atom stereocenters. The van der Waals surface area contributed by atoms with E-state index in [9.17, 15) is 9.59 Å². The summed E-state index contributed by atoms with van der Waals surface area (Å²) in [5, 5.41) is 20.8. The van der Waals surface area contributed by atoms with Gasteiger partial charge >= 0.3 is 11.9 Å². The summed E-state index contributed by atoms with van der Waals surface area (Å²) in [6, 6.07) is 0. The van der Waals surface area contributed by atoms with Crippen molar-refractivity contribution in [2.75, 3.05) is 26.7 Å². The molecular formula is C8H14N2O4. The summed E-state index contributed by atoms with van der Waals surface area (Å²) in [7, 11) is 1.59. The first-order valence-corrected chi connectivity index (χ1v) is 3.77. The van der Waals surface area contributed by atoms with Crippen molar-refractivity contribution in [3.05, 3.63) is 0 Å². The Morgan fingerprint density at radius 2 is 1.79 bits per heavy atom. The molecule has 0 rings (SSSR count). The normalized spacial score (nSPS) is 8.00. The van der Waals surface area contributed by atoms with Crippen LogP contribution in [-0.4, -0.2) is 48.8 Å². The van der Waals surface area contributed by atoms with Gasteiger partial charge in [-0.3, -0.25) is 14.9 Å². The molecule has 0 aliphatic rings. The van der Waals surface area contributed by atoms with Crippen LogP contribution in [0.25, 0.3) is 0 Å². The minimum atomic E-state index is -0.889. The van der Waals surface area contributed by atoms with Gasteiger partial charge in [0.25, 0.3) is 0 Å². The van der Waals surface area contributed by atoms with E-state index in [1.54, 1.807) is 7.05 Å². The smallest absolute Gasteiger partial charge is 0.317 e. The van der Waals surface area contributed by atoms with Gasteiger partial charge in [-0.25, -0.2) is 0 Å². The summed E-state index contributed by atoms with van der Waals surface area (Å²) in [5.74, 6) is 0.538. The molecule has 6 nitrogen and oxygen atoms in total. The Morgan fingerprint density at radius 1 is 1.29 bits per heavy atom. The topological polar surface area (TPSA) is 98.7 Å². The number of likely N-dealkylation sites (N-methyl/N-ethyl adjacent to an activating group) is 1. The molecule has 0 saturated carbocycles. The molecule has 0 heterocycles. The van der Waals surface area contributed by atoms with Crippen molar-refractivity contribution in [1.82, 2.24) is 10.6 Å². The number of aliphatic carboxylic acids is 2. The third-order valence-electron chi connectivity index (χ3n) is 0.831. The number of carboxylic acids is 2. The lowest BCUT2D eigenvalue weighted by atomic mass is 10.6. The summed E-state index contributed by atoms with van der Waals surface area (Å²) < 4.78 is 0. The van der Waals surface area contributed by atoms with Crippen LogP contribution in [0, 0.1) is 12.3 Å². The van der Waals surface area contributed by atoms with E-state index in [0.29, 0.717) is 6.54 Å². The van der Waals surface area contributed by atoms with Crippen LogP contribution in [-0.2, 0) is 9.59 Å². The Balaban J connectivity index is 0. The molecule has 14 heavy (non-hydrogen) atoms. The van der Waals surface area contributed by atoms with Crippen molar-refractivity contribution in [2.24, 2.45) is 0 Å². The van der Waals surface area contributed by atoms with Crippen LogP contribution in [0.15, 0.2) is 0 Å². The van der Waals surface area contributed by atoms with E-state index in [-0.39, 0.29) is 13.1 Å². The molecule has 6 heteroatoms. The van der Waals surface area contributed by atoms with Gasteiger partial charge in [-0.05, 0) is 7.05 Å². The fourth-order valence-electron chi connectivity index (χ4n) is 0.393. The van der Waals surface area contributed by atoms with Crippen LogP contribution < -0.4 is 10.6 Å². The molecule has 0 bridgehead atoms. The largest absolute Gasteiger partial charge is 0.480 e. The van der Waals surface area contributed by atoms with E-state index in [2.05, 4.69) is 16.6 Å². The third-order valence-corrected chi connectivity index (χ3v) is 0.831. The lowest BCUT2D eigenvalue weighted by Crippen LogP contribution is -2.22. The first-order valence-electron chi connectivity index (χ1n) is 3.77. The number of hydrogen-bond acceptors (Lipinski definition) is 4. The highest BCUT2D eigenvalue weighted by Crippen LogP contribution is 1.57. The molecule has 80 valence electrons. The highest BCUT2D eigenvalue weighted by Gasteiger charge is 1.90. The SMILES string of the molecule is C#CCNCC(=O)O.CNCC(=O)O. The Labute approximate surface area is 82.3 Å². The summed E-state index contributed by atoms with van der Waals surface area (Å²) in [4.78, 5) is 19.3. The van der Waals surface area contributed by atoms with Crippen LogP contribution in [0.1, 0.15) is 0 Å². The van der Waals surface area contributed by atoms with Crippen molar-refractivity contribution in [3.8, 4) is 12.3 Å². The first kappa shape index (κ1) is 14.9. The fraction of sp³-hybridized carbons (Fsp3) is 0.500. The van der Waals surface area contributed by atoms with Gasteiger partial charge in [0.15, 0.2) is 0 Å². The predicted octanol–water partition coefficient (Wildman–Crippen LogP) is -1.42. The maximum atomic E-state index is 9.74.